The number of aromatic nitrogens is 5. The van der Waals surface area contributed by atoms with Gasteiger partial charge in [-0.25, -0.2) is 9.67 Å². The zero-order valence-corrected chi connectivity index (χ0v) is 11.8. The van der Waals surface area contributed by atoms with E-state index in [1.54, 1.807) is 29.2 Å². The molecule has 0 bridgehead atoms. The molecular weight excluding hydrogens is 287 g/mol. The maximum absolute atomic E-state index is 13.1. The number of hydrogen-bond acceptors (Lipinski definition) is 4. The molecule has 3 aromatic rings. The fourth-order valence-corrected chi connectivity index (χ4v) is 1.95. The molecule has 1 N–H and O–H groups in total. The summed E-state index contributed by atoms with van der Waals surface area (Å²) >= 11 is 0. The number of rotatable bonds is 4. The van der Waals surface area contributed by atoms with Gasteiger partial charge in [0.25, 0.3) is 0 Å². The first kappa shape index (κ1) is 13.9. The summed E-state index contributed by atoms with van der Waals surface area (Å²) < 4.78 is 16.1. The minimum atomic E-state index is -0.590. The summed E-state index contributed by atoms with van der Waals surface area (Å²) in [5.74, 6) is -0.451. The van der Waals surface area contributed by atoms with Gasteiger partial charge in [0.15, 0.2) is 5.82 Å². The van der Waals surface area contributed by atoms with Gasteiger partial charge in [0.1, 0.15) is 6.54 Å². The van der Waals surface area contributed by atoms with E-state index in [1.165, 1.54) is 16.9 Å². The Kier molecular flexibility index (Phi) is 3.65. The van der Waals surface area contributed by atoms with Gasteiger partial charge in [-0.15, -0.1) is 0 Å². The third kappa shape index (κ3) is 3.17. The van der Waals surface area contributed by atoms with E-state index in [0.29, 0.717) is 11.5 Å². The van der Waals surface area contributed by atoms with Crippen LogP contribution < -0.4 is 5.32 Å². The maximum Gasteiger partial charge on any atom is 0.247 e. The van der Waals surface area contributed by atoms with E-state index in [0.717, 1.165) is 5.69 Å². The van der Waals surface area contributed by atoms with E-state index in [-0.39, 0.29) is 12.5 Å². The Morgan fingerprint density at radius 3 is 2.86 bits per heavy atom. The SMILES string of the molecule is Cc1ccn(CC(=O)Nc2ccn(-c3ccnc(F)c3)n2)n1. The maximum atomic E-state index is 13.1. The number of hydrogen-bond donors (Lipinski definition) is 1. The highest BCUT2D eigenvalue weighted by molar-refractivity contribution is 5.89. The smallest absolute Gasteiger partial charge is 0.247 e. The minimum absolute atomic E-state index is 0.102. The molecule has 3 aromatic heterocycles. The summed E-state index contributed by atoms with van der Waals surface area (Å²) in [4.78, 5) is 15.4. The van der Waals surface area contributed by atoms with Crippen LogP contribution in [0.4, 0.5) is 10.2 Å². The van der Waals surface area contributed by atoms with E-state index in [9.17, 15) is 9.18 Å². The number of halogens is 1. The normalized spacial score (nSPS) is 10.6. The fourth-order valence-electron chi connectivity index (χ4n) is 1.95. The van der Waals surface area contributed by atoms with Crippen molar-refractivity contribution in [2.75, 3.05) is 5.32 Å². The third-order valence-corrected chi connectivity index (χ3v) is 2.91. The van der Waals surface area contributed by atoms with Crippen LogP contribution in [0.5, 0.6) is 0 Å². The number of nitrogens with one attached hydrogen (secondary N) is 1. The lowest BCUT2D eigenvalue weighted by Gasteiger charge is -2.03. The third-order valence-electron chi connectivity index (χ3n) is 2.91. The second kappa shape index (κ2) is 5.76. The molecule has 22 heavy (non-hydrogen) atoms. The minimum Gasteiger partial charge on any atom is -0.308 e. The second-order valence-corrected chi connectivity index (χ2v) is 4.69. The van der Waals surface area contributed by atoms with Crippen molar-refractivity contribution in [2.45, 2.75) is 13.5 Å². The molecule has 0 spiro atoms. The predicted molar refractivity (Wildman–Crippen MR) is 76.9 cm³/mol. The Balaban J connectivity index is 1.67. The number of pyridine rings is 1. The van der Waals surface area contributed by atoms with Crippen LogP contribution in [-0.2, 0) is 11.3 Å². The highest BCUT2D eigenvalue weighted by Gasteiger charge is 2.08. The number of nitrogens with zero attached hydrogens (tertiary/aromatic N) is 5. The molecule has 8 heteroatoms. The standard InChI is InChI=1S/C14H13FN6O/c1-10-3-6-20(18-10)9-14(22)17-13-4-7-21(19-13)11-2-5-16-12(15)8-11/h2-8H,9H2,1H3,(H,17,19,22). The van der Waals surface area contributed by atoms with Crippen LogP contribution in [-0.4, -0.2) is 30.5 Å². The first-order chi connectivity index (χ1) is 10.6. The molecule has 3 rings (SSSR count). The molecule has 112 valence electrons. The van der Waals surface area contributed by atoms with Gasteiger partial charge in [0, 0.05) is 30.7 Å². The molecule has 1 amide bonds. The quantitative estimate of drug-likeness (QED) is 0.742. The molecule has 0 saturated heterocycles. The lowest BCUT2D eigenvalue weighted by Crippen LogP contribution is -2.19. The van der Waals surface area contributed by atoms with Crippen molar-refractivity contribution in [3.63, 3.8) is 0 Å². The molecule has 0 radical (unpaired) electrons. The molecule has 7 nitrogen and oxygen atoms in total. The fraction of sp³-hybridized carbons (Fsp3) is 0.143. The molecule has 0 aliphatic heterocycles. The number of aryl methyl sites for hydroxylation is 1. The Bertz CT molecular complexity index is 809. The molecule has 0 saturated carbocycles. The van der Waals surface area contributed by atoms with Gasteiger partial charge < -0.3 is 5.32 Å². The molecule has 3 heterocycles. The highest BCUT2D eigenvalue weighted by Crippen LogP contribution is 2.10. The van der Waals surface area contributed by atoms with Gasteiger partial charge in [-0.3, -0.25) is 9.48 Å². The first-order valence-corrected chi connectivity index (χ1v) is 6.58. The molecule has 0 aliphatic carbocycles. The molecule has 0 fully saturated rings. The second-order valence-electron chi connectivity index (χ2n) is 4.69. The summed E-state index contributed by atoms with van der Waals surface area (Å²) in [6, 6.07) is 6.32. The van der Waals surface area contributed by atoms with Gasteiger partial charge in [-0.05, 0) is 19.1 Å². The average molecular weight is 300 g/mol. The van der Waals surface area contributed by atoms with Crippen LogP contribution >= 0.6 is 0 Å². The number of anilines is 1. The molecule has 0 atom stereocenters. The van der Waals surface area contributed by atoms with Crippen LogP contribution in [0.15, 0.2) is 42.9 Å². The van der Waals surface area contributed by atoms with Gasteiger partial charge in [0.2, 0.25) is 11.9 Å². The summed E-state index contributed by atoms with van der Waals surface area (Å²) in [5, 5.41) is 11.0. The summed E-state index contributed by atoms with van der Waals surface area (Å²) in [6.07, 6.45) is 4.71. The van der Waals surface area contributed by atoms with Crippen LogP contribution in [0.1, 0.15) is 5.69 Å². The predicted octanol–water partition coefficient (Wildman–Crippen LogP) is 1.55. The summed E-state index contributed by atoms with van der Waals surface area (Å²) in [7, 11) is 0. The van der Waals surface area contributed by atoms with Crippen molar-refractivity contribution in [3.8, 4) is 5.69 Å². The van der Waals surface area contributed by atoms with E-state index in [2.05, 4.69) is 20.5 Å². The van der Waals surface area contributed by atoms with Crippen LogP contribution in [0, 0.1) is 12.9 Å². The summed E-state index contributed by atoms with van der Waals surface area (Å²) in [5.41, 5.74) is 1.37. The largest absolute Gasteiger partial charge is 0.308 e. The molecule has 0 aliphatic rings. The Morgan fingerprint density at radius 2 is 2.14 bits per heavy atom. The zero-order chi connectivity index (χ0) is 15.5. The monoisotopic (exact) mass is 300 g/mol. The van der Waals surface area contributed by atoms with Crippen molar-refractivity contribution in [3.05, 3.63) is 54.5 Å². The van der Waals surface area contributed by atoms with E-state index >= 15 is 0 Å². The Morgan fingerprint density at radius 1 is 1.27 bits per heavy atom. The van der Waals surface area contributed by atoms with Gasteiger partial charge in [0.05, 0.1) is 11.4 Å². The van der Waals surface area contributed by atoms with E-state index < -0.39 is 5.95 Å². The lowest BCUT2D eigenvalue weighted by atomic mass is 10.4. The number of amides is 1. The highest BCUT2D eigenvalue weighted by atomic mass is 19.1. The molecular formula is C14H13FN6O. The molecule has 0 aromatic carbocycles. The van der Waals surface area contributed by atoms with Gasteiger partial charge in [-0.2, -0.15) is 14.6 Å². The average Bonchev–Trinajstić information content (AvgIpc) is 3.08. The van der Waals surface area contributed by atoms with Crippen molar-refractivity contribution in [1.82, 2.24) is 24.5 Å². The summed E-state index contributed by atoms with van der Waals surface area (Å²) in [6.45, 7) is 1.95. The molecule has 0 unspecified atom stereocenters. The Hall–Kier alpha value is -3.03. The van der Waals surface area contributed by atoms with Gasteiger partial charge in [-0.1, -0.05) is 0 Å². The van der Waals surface area contributed by atoms with E-state index in [1.807, 2.05) is 13.0 Å². The van der Waals surface area contributed by atoms with Crippen molar-refractivity contribution in [1.29, 1.82) is 0 Å². The van der Waals surface area contributed by atoms with E-state index in [4.69, 9.17) is 0 Å². The number of carbonyl (C=O) groups is 1. The van der Waals surface area contributed by atoms with Crippen molar-refractivity contribution < 1.29 is 9.18 Å². The van der Waals surface area contributed by atoms with Crippen molar-refractivity contribution in [2.24, 2.45) is 0 Å². The first-order valence-electron chi connectivity index (χ1n) is 6.58. The number of carbonyl (C=O) groups excluding carboxylic acids is 1. The lowest BCUT2D eigenvalue weighted by molar-refractivity contribution is -0.116. The van der Waals surface area contributed by atoms with Gasteiger partial charge >= 0.3 is 0 Å². The van der Waals surface area contributed by atoms with Crippen LogP contribution in [0.2, 0.25) is 0 Å². The van der Waals surface area contributed by atoms with Crippen molar-refractivity contribution >= 4 is 11.7 Å². The Labute approximate surface area is 125 Å². The zero-order valence-electron chi connectivity index (χ0n) is 11.8. The topological polar surface area (TPSA) is 77.6 Å². The van der Waals surface area contributed by atoms with Crippen LogP contribution in [0.25, 0.3) is 5.69 Å². The van der Waals surface area contributed by atoms with Crippen LogP contribution in [0.3, 0.4) is 0 Å².